The number of rotatable bonds is 27. The molecule has 5 aliphatic heterocycles. The molecule has 37 heteroatoms. The van der Waals surface area contributed by atoms with Crippen LogP contribution < -0.4 is 44.4 Å². The van der Waals surface area contributed by atoms with Crippen LogP contribution >= 0.6 is 55.8 Å². The number of anilines is 6. The van der Waals surface area contributed by atoms with Crippen LogP contribution in [0.15, 0.2) is 145 Å². The molecule has 11 aliphatic rings. The summed E-state index contributed by atoms with van der Waals surface area (Å²) in [7, 11) is 3.48. The molecule has 7 aromatic carbocycles. The Hall–Kier alpha value is -12.2. The van der Waals surface area contributed by atoms with E-state index in [1.807, 2.05) is 104 Å². The van der Waals surface area contributed by atoms with Gasteiger partial charge >= 0.3 is 23.9 Å². The van der Waals surface area contributed by atoms with Crippen molar-refractivity contribution < 1.29 is 158 Å². The lowest BCUT2D eigenvalue weighted by atomic mass is 10.0. The number of ether oxygens (including phenoxy) is 12. The van der Waals surface area contributed by atoms with Gasteiger partial charge in [-0.1, -0.05) is 44.0 Å². The zero-order chi connectivity index (χ0) is 105. The van der Waals surface area contributed by atoms with Crippen LogP contribution in [0, 0.1) is 43.4 Å². The molecule has 0 spiro atoms. The van der Waals surface area contributed by atoms with E-state index in [9.17, 15) is 65.5 Å². The third-order valence-electron chi connectivity index (χ3n) is 24.9. The van der Waals surface area contributed by atoms with Crippen molar-refractivity contribution in [3.63, 3.8) is 0 Å². The fourth-order valence-electron chi connectivity index (χ4n) is 17.7. The lowest BCUT2D eigenvalue weighted by molar-refractivity contribution is -0.139. The first-order chi connectivity index (χ1) is 70.2. The number of esters is 4. The summed E-state index contributed by atoms with van der Waals surface area (Å²) in [6.45, 7) is 26.5. The average molecular weight is 2340 g/mol. The number of nitrogens with two attached hydrogens (primary N) is 1. The van der Waals surface area contributed by atoms with E-state index in [0.29, 0.717) is 197 Å². The molecule has 0 bridgehead atoms. The standard InChI is InChI=1S/C21H23F2N3O3.C18H18F2N2O3.C18H21F2NO4.C17H21NO3.C16H19NO4.C13H13BrO2.C7H8BrN.HI.29H2/c1-25(2)12-17(11-24)21(27)16-7-14-9-18(26-3-5-28-6-4-26)19(10-15(14)8-16)29-13-20(22)23;19-18(20)11-25-17-10-13-8-14(16(23)1-2-21)7-12(13)9-15(17)22-3-5-24-6-4-22;1-2-24-18(22)14-7-12-9-15(21-3-5-23-6-4-21)16(10-13(12)8-14)25-11-17(19)20;1-3-21-17(19)15-9-13-8-12(2)16(11-14(13)10-15)18-4-6-20-7-5-18;1-2-21-16(19)13-7-11-9-14(15(18)10-12(11)8-13)17-3-5-20-6-4-17;1-3-16-13(15)11-5-9-4-8(2)12(14)7-10(9)6-11;1-5-2-3-6(9)4-7(5)8;;;;;;;;;;;;;;;;;;;;;;;;;;;;;;/h8-10,12,20H,3-7,13H2,1-2H3;8-10,18H,1,3-7,11H2;8-10,17H,2-7,11H2,1H3;8-9,11H,3-7,10H2,1-2H3;8-10,18H,2-7H2,1H3;4-5,7H,3,6H2,1-2H3;2-4H,9H2,1H3;30*1H. The Bertz CT molecular complexity index is 6210. The minimum absolute atomic E-state index is 0. The number of allylic oxidation sites excluding steroid dienone is 3. The maximum Gasteiger partial charge on any atom is 0.334 e. The zero-order valence-electron chi connectivity index (χ0n) is 83.9. The lowest BCUT2D eigenvalue weighted by Crippen LogP contribution is -2.36. The van der Waals surface area contributed by atoms with Crippen molar-refractivity contribution in [2.24, 2.45) is 0 Å². The number of Topliss-reactive ketones (excluding diaryl/α,β-unsaturated/α-hetero) is 2. The number of carbonyl (C=O) groups excluding carboxylic acids is 6. The summed E-state index contributed by atoms with van der Waals surface area (Å²) in [6.07, 6.45) is 7.70. The number of halogens is 9. The van der Waals surface area contributed by atoms with E-state index in [4.69, 9.17) is 67.8 Å². The highest BCUT2D eigenvalue weighted by Gasteiger charge is 2.33. The smallest absolute Gasteiger partial charge is 0.334 e. The van der Waals surface area contributed by atoms with Crippen molar-refractivity contribution in [3.05, 3.63) is 229 Å². The van der Waals surface area contributed by atoms with E-state index in [-0.39, 0.29) is 119 Å². The van der Waals surface area contributed by atoms with Crippen LogP contribution in [0.5, 0.6) is 23.0 Å². The van der Waals surface area contributed by atoms with Crippen LogP contribution in [0.25, 0.3) is 36.5 Å². The van der Waals surface area contributed by atoms with Crippen LogP contribution in [-0.2, 0) is 110 Å². The molecule has 0 radical (unpaired) electrons. The number of phenols is 1. The third kappa shape index (κ3) is 32.2. The van der Waals surface area contributed by atoms with Gasteiger partial charge in [0.1, 0.15) is 54.5 Å². The SMILES string of the molecule is CCOC(=O)C1=Cc2cc(C)c(Br)cc2C1.CCOC(=O)C1=Cc2cc(C)c(N3CCOCC3)cc2C1.CCOC(=O)C1=Cc2cc(O)c(N3CCOCC3)cc2C1.CCOC(=O)C1=Cc2cc(OCC(F)F)c(N3CCOCC3)cc2C1.CN(C)C=C(C#N)C(=O)C1=Cc2cc(OCC(F)F)c(N3CCOCC3)cc2C1.Cc1ccc(N)cc1Br.I.N#CCC(=O)C1=Cc2cc(OCC(F)F)c(N3CCOCC3)cc2C1.[HH].[HH].[HH].[HH].[HH].[HH].[HH].[HH].[HH].[HH].[HH].[HH].[HH].[HH].[HH].[HH].[HH].[HH].[HH].[HH].[HH].[HH].[HH].[HH].[HH].[HH].[HH].[HH].[HH]. The van der Waals surface area contributed by atoms with Crippen LogP contribution in [0.3, 0.4) is 0 Å². The molecule has 5 heterocycles. The highest BCUT2D eigenvalue weighted by Crippen LogP contribution is 2.44. The van der Waals surface area contributed by atoms with E-state index in [0.717, 1.165) is 144 Å². The Morgan fingerprint density at radius 1 is 0.415 bits per heavy atom. The van der Waals surface area contributed by atoms with Crippen LogP contribution in [0.4, 0.5) is 60.5 Å². The van der Waals surface area contributed by atoms with Gasteiger partial charge in [0, 0.05) is 219 Å². The van der Waals surface area contributed by atoms with Gasteiger partial charge in [-0.2, -0.15) is 10.5 Å². The maximum absolute atomic E-state index is 12.7. The van der Waals surface area contributed by atoms with E-state index in [1.54, 1.807) is 81.4 Å². The molecule has 0 amide bonds. The number of hydrogen-bond acceptors (Lipinski definition) is 28. The molecule has 0 atom stereocenters. The summed E-state index contributed by atoms with van der Waals surface area (Å²) in [5.74, 6) is -0.165. The number of aryl methyl sites for hydroxylation is 3. The summed E-state index contributed by atoms with van der Waals surface area (Å²) >= 11 is 6.86. The first-order valence-electron chi connectivity index (χ1n) is 48.6. The molecule has 844 valence electrons. The predicted molar refractivity (Wildman–Crippen MR) is 631 cm³/mol. The van der Waals surface area contributed by atoms with E-state index >= 15 is 0 Å². The predicted octanol–water partition coefficient (Wildman–Crippen LogP) is 25.3. The van der Waals surface area contributed by atoms with Gasteiger partial charge < -0.3 is 97.1 Å². The van der Waals surface area contributed by atoms with E-state index in [1.165, 1.54) is 39.7 Å². The van der Waals surface area contributed by atoms with E-state index in [2.05, 4.69) is 77.7 Å². The molecule has 18 rings (SSSR count). The van der Waals surface area contributed by atoms with E-state index < -0.39 is 39.1 Å². The molecule has 0 saturated carbocycles. The van der Waals surface area contributed by atoms with Gasteiger partial charge in [-0.25, -0.2) is 45.5 Å². The number of morpholine rings is 5. The van der Waals surface area contributed by atoms with Crippen LogP contribution in [0.2, 0.25) is 0 Å². The molecule has 0 unspecified atom stereocenters. The summed E-state index contributed by atoms with van der Waals surface area (Å²) in [5, 5.41) is 28.2. The summed E-state index contributed by atoms with van der Waals surface area (Å²) in [5.41, 5.74) is 29.8. The topological polar surface area (TPSA) is 326 Å². The number of nitrogen functional groups attached to an aromatic ring is 1. The number of aromatic hydroxyl groups is 1. The first-order valence-corrected chi connectivity index (χ1v) is 50.1. The Morgan fingerprint density at radius 3 is 1.04 bits per heavy atom. The second-order valence-electron chi connectivity index (χ2n) is 35.5. The number of fused-ring (bicyclic) bond motifs is 6. The van der Waals surface area contributed by atoms with Crippen molar-refractivity contribution in [1.82, 2.24) is 4.90 Å². The number of ketones is 2. The number of benzene rings is 7. The summed E-state index contributed by atoms with van der Waals surface area (Å²) in [4.78, 5) is 84.1. The zero-order valence-corrected chi connectivity index (χ0v) is 89.4. The van der Waals surface area contributed by atoms with Crippen molar-refractivity contribution >= 4 is 162 Å². The Labute approximate surface area is 929 Å². The molecule has 6 aliphatic carbocycles. The molecule has 5 saturated heterocycles. The highest BCUT2D eigenvalue weighted by atomic mass is 127. The van der Waals surface area contributed by atoms with Crippen LogP contribution in [-0.4, -0.2) is 257 Å². The monoisotopic (exact) mass is 2330 g/mol. The largest absolute Gasteiger partial charge is 0.506 e. The van der Waals surface area contributed by atoms with Crippen molar-refractivity contribution in [1.29, 1.82) is 10.5 Å². The molecular formula is C110H182Br2F6IN9O19. The molecule has 0 aromatic heterocycles. The normalized spacial score (nSPS) is 15.9. The van der Waals surface area contributed by atoms with Gasteiger partial charge in [0.15, 0.2) is 5.78 Å². The Morgan fingerprint density at radius 2 is 0.707 bits per heavy atom. The number of nitrogens with zero attached hydrogens (tertiary/aromatic N) is 8. The first kappa shape index (κ1) is 115. The van der Waals surface area contributed by atoms with Gasteiger partial charge in [0.2, 0.25) is 5.78 Å². The fourth-order valence-corrected chi connectivity index (χ4v) is 18.5. The van der Waals surface area contributed by atoms with Gasteiger partial charge in [0.25, 0.3) is 19.3 Å². The second kappa shape index (κ2) is 56.3. The quantitative estimate of drug-likeness (QED) is 0.00918. The minimum Gasteiger partial charge on any atom is -0.506 e. The van der Waals surface area contributed by atoms with Crippen molar-refractivity contribution in [2.75, 3.05) is 222 Å². The minimum atomic E-state index is -2.58. The van der Waals surface area contributed by atoms with Gasteiger partial charge in [-0.05, 0) is 247 Å². The van der Waals surface area contributed by atoms with Crippen LogP contribution in [0.1, 0.15) is 159 Å². The van der Waals surface area contributed by atoms with Gasteiger partial charge in [0.05, 0.1) is 128 Å². The molecule has 7 aromatic rings. The van der Waals surface area contributed by atoms with Crippen molar-refractivity contribution in [3.8, 4) is 35.1 Å². The Balaban J connectivity index is -0.0000000947. The molecule has 147 heavy (non-hydrogen) atoms. The number of alkyl halides is 6. The van der Waals surface area contributed by atoms with Gasteiger partial charge in [-0.3, -0.25) is 9.59 Å². The molecular weight excluding hydrogens is 2150 g/mol. The van der Waals surface area contributed by atoms with Gasteiger partial charge in [-0.15, -0.1) is 24.0 Å². The number of nitriles is 2. The highest BCUT2D eigenvalue weighted by molar-refractivity contribution is 14.0. The second-order valence-corrected chi connectivity index (χ2v) is 37.2. The van der Waals surface area contributed by atoms with Crippen molar-refractivity contribution in [2.45, 2.75) is 113 Å². The Kier molecular flexibility index (Phi) is 44.0. The fraction of sp³-hybridized carbons (Fsp3) is 0.418. The summed E-state index contributed by atoms with van der Waals surface area (Å²) < 4.78 is 141. The summed E-state index contributed by atoms with van der Waals surface area (Å²) in [6, 6.07) is 32.7. The number of phenolic OH excluding ortho intramolecular Hbond substituents is 1. The lowest BCUT2D eigenvalue weighted by Gasteiger charge is -2.30. The number of carbonyl (C=O) groups is 6. The maximum atomic E-state index is 12.7. The molecule has 5 fully saturated rings. The third-order valence-corrected chi connectivity index (χ3v) is 26.6. The molecule has 3 N–H and O–H groups in total. The molecule has 28 nitrogen and oxygen atoms in total. The average Bonchev–Trinajstić information content (AvgIpc) is 1.62. The number of hydrogen-bond donors (Lipinski definition) is 2.